The second kappa shape index (κ2) is 3.00. The molecule has 0 bridgehead atoms. The van der Waals surface area contributed by atoms with Crippen molar-refractivity contribution in [1.29, 1.82) is 0 Å². The summed E-state index contributed by atoms with van der Waals surface area (Å²) in [6.45, 7) is 15.7. The van der Waals surface area contributed by atoms with Gasteiger partial charge in [-0.15, -0.1) is 0 Å². The van der Waals surface area contributed by atoms with Crippen LogP contribution in [0.15, 0.2) is 0 Å². The lowest BCUT2D eigenvalue weighted by Crippen LogP contribution is -2.79. The molecule has 0 aliphatic carbocycles. The van der Waals surface area contributed by atoms with Gasteiger partial charge in [-0.3, -0.25) is 0 Å². The minimum atomic E-state index is -0.780. The third kappa shape index (κ3) is 1.51. The Morgan fingerprint density at radius 3 is 1.17 bits per heavy atom. The molecule has 72 valence electrons. The number of hydrogen-bond acceptors (Lipinski definition) is 1. The van der Waals surface area contributed by atoms with Crippen LogP contribution in [0.3, 0.4) is 0 Å². The zero-order valence-corrected chi connectivity index (χ0v) is 13.1. The van der Waals surface area contributed by atoms with Crippen LogP contribution in [0.4, 0.5) is 0 Å². The van der Waals surface area contributed by atoms with Gasteiger partial charge < -0.3 is 0 Å². The van der Waals surface area contributed by atoms with E-state index in [4.69, 9.17) is 0 Å². The van der Waals surface area contributed by atoms with Crippen LogP contribution >= 0.6 is 11.8 Å². The van der Waals surface area contributed by atoms with Gasteiger partial charge in [-0.05, 0) is 10.8 Å². The smallest absolute Gasteiger partial charge is 0.0631 e. The Labute approximate surface area is 84.1 Å². The molecule has 0 unspecified atom stereocenters. The summed E-state index contributed by atoms with van der Waals surface area (Å²) in [6, 6.07) is 0. The van der Waals surface area contributed by atoms with Crippen LogP contribution in [0, 0.1) is 0 Å². The Balaban J connectivity index is 2.92. The lowest BCUT2D eigenvalue weighted by Gasteiger charge is -2.55. The highest BCUT2D eigenvalue weighted by Crippen LogP contribution is 2.41. The second-order valence-corrected chi connectivity index (χ2v) is 36.2. The standard InChI is InChI=1S/C8H22SSi3/c1-10(2,3)12(7-9-8-12)11(4,5)6/h7-8H2,1-6H3. The molecule has 1 saturated heterocycles. The highest BCUT2D eigenvalue weighted by atomic mass is 32.2. The molecule has 0 aromatic rings. The van der Waals surface area contributed by atoms with Crippen LogP contribution in [0.1, 0.15) is 0 Å². The monoisotopic (exact) mass is 234 g/mol. The van der Waals surface area contributed by atoms with Gasteiger partial charge in [0.25, 0.3) is 0 Å². The van der Waals surface area contributed by atoms with E-state index < -0.39 is 22.3 Å². The fraction of sp³-hybridized carbons (Fsp3) is 1.00. The molecule has 1 aliphatic rings. The van der Waals surface area contributed by atoms with Gasteiger partial charge in [0.15, 0.2) is 0 Å². The molecule has 0 amide bonds. The van der Waals surface area contributed by atoms with E-state index in [9.17, 15) is 0 Å². The van der Waals surface area contributed by atoms with Crippen molar-refractivity contribution >= 4 is 34.1 Å². The molecule has 0 radical (unpaired) electrons. The molecule has 4 heteroatoms. The summed E-state index contributed by atoms with van der Waals surface area (Å²) in [6.07, 6.45) is 0. The van der Waals surface area contributed by atoms with Crippen molar-refractivity contribution in [3.8, 4) is 0 Å². The second-order valence-electron chi connectivity index (χ2n) is 6.07. The molecule has 0 atom stereocenters. The van der Waals surface area contributed by atoms with Gasteiger partial charge in [0.2, 0.25) is 0 Å². The molecular weight excluding hydrogens is 212 g/mol. The van der Waals surface area contributed by atoms with Crippen molar-refractivity contribution in [2.24, 2.45) is 0 Å². The van der Waals surface area contributed by atoms with E-state index in [0.717, 1.165) is 0 Å². The van der Waals surface area contributed by atoms with Crippen molar-refractivity contribution in [3.63, 3.8) is 0 Å². The molecule has 1 fully saturated rings. The maximum absolute atomic E-state index is 2.62. The van der Waals surface area contributed by atoms with Crippen LogP contribution in [0.2, 0.25) is 39.3 Å². The van der Waals surface area contributed by atoms with E-state index in [0.29, 0.717) is 0 Å². The van der Waals surface area contributed by atoms with Gasteiger partial charge in [-0.2, -0.15) is 11.8 Å². The van der Waals surface area contributed by atoms with Crippen LogP contribution < -0.4 is 0 Å². The van der Waals surface area contributed by atoms with Gasteiger partial charge in [0, 0.05) is 15.2 Å². The first kappa shape index (κ1) is 11.1. The largest absolute Gasteiger partial charge is 0.169 e. The maximum atomic E-state index is 2.62. The zero-order chi connectivity index (χ0) is 9.62. The Bertz CT molecular complexity index is 158. The van der Waals surface area contributed by atoms with E-state index in [1.807, 2.05) is 0 Å². The highest BCUT2D eigenvalue weighted by Gasteiger charge is 2.58. The van der Waals surface area contributed by atoms with Crippen LogP contribution in [-0.2, 0) is 0 Å². The van der Waals surface area contributed by atoms with E-state index in [1.165, 1.54) is 0 Å². The maximum Gasteiger partial charge on any atom is 0.0631 e. The minimum Gasteiger partial charge on any atom is -0.169 e. The summed E-state index contributed by atoms with van der Waals surface area (Å²) in [5, 5.41) is 3.22. The topological polar surface area (TPSA) is 0 Å². The molecule has 0 N–H and O–H groups in total. The normalized spacial score (nSPS) is 23.5. The van der Waals surface area contributed by atoms with Gasteiger partial charge in [-0.1, -0.05) is 39.3 Å². The molecule has 12 heavy (non-hydrogen) atoms. The Hall–Kier alpha value is 1.00. The van der Waals surface area contributed by atoms with Crippen molar-refractivity contribution in [2.45, 2.75) is 39.3 Å². The summed E-state index contributed by atoms with van der Waals surface area (Å²) in [5.74, 6) is 0. The molecule has 0 saturated carbocycles. The van der Waals surface area contributed by atoms with E-state index >= 15 is 0 Å². The summed E-state index contributed by atoms with van der Waals surface area (Å²) in [4.78, 5) is 0. The first-order valence-corrected chi connectivity index (χ1v) is 17.4. The van der Waals surface area contributed by atoms with Crippen molar-refractivity contribution in [2.75, 3.05) is 10.8 Å². The average Bonchev–Trinajstić information content (AvgIpc) is 1.47. The first-order valence-electron chi connectivity index (χ1n) is 4.78. The van der Waals surface area contributed by atoms with Crippen molar-refractivity contribution in [3.05, 3.63) is 0 Å². The lowest BCUT2D eigenvalue weighted by molar-refractivity contribution is 1.64. The molecule has 1 aliphatic heterocycles. The van der Waals surface area contributed by atoms with Crippen LogP contribution in [0.25, 0.3) is 0 Å². The fourth-order valence-electron chi connectivity index (χ4n) is 2.30. The molecule has 1 heterocycles. The lowest BCUT2D eigenvalue weighted by atomic mass is 11.8. The summed E-state index contributed by atoms with van der Waals surface area (Å²) in [7, 11) is -2.26. The van der Waals surface area contributed by atoms with E-state index in [-0.39, 0.29) is 0 Å². The summed E-state index contributed by atoms with van der Waals surface area (Å²) in [5.41, 5.74) is 0. The molecule has 1 rings (SSSR count). The molecule has 0 nitrogen and oxygen atoms in total. The van der Waals surface area contributed by atoms with Crippen LogP contribution in [0.5, 0.6) is 0 Å². The zero-order valence-electron chi connectivity index (χ0n) is 9.32. The van der Waals surface area contributed by atoms with E-state index in [2.05, 4.69) is 51.0 Å². The van der Waals surface area contributed by atoms with Gasteiger partial charge in [0.1, 0.15) is 0 Å². The first-order chi connectivity index (χ1) is 5.21. The number of rotatable bonds is 2. The Morgan fingerprint density at radius 2 is 1.17 bits per heavy atom. The number of thioether (sulfide) groups is 1. The third-order valence-corrected chi connectivity index (χ3v) is 50.8. The third-order valence-electron chi connectivity index (χ3n) is 3.57. The molecule has 0 aromatic heterocycles. The Kier molecular flexibility index (Phi) is 2.77. The van der Waals surface area contributed by atoms with Crippen LogP contribution in [-0.4, -0.2) is 33.0 Å². The minimum absolute atomic E-state index is 0.705. The quantitative estimate of drug-likeness (QED) is 0.662. The molecular formula is C8H22SSi3. The van der Waals surface area contributed by atoms with Crippen molar-refractivity contribution in [1.82, 2.24) is 0 Å². The molecule has 0 aromatic carbocycles. The van der Waals surface area contributed by atoms with Gasteiger partial charge >= 0.3 is 0 Å². The van der Waals surface area contributed by atoms with E-state index in [1.54, 1.807) is 10.8 Å². The van der Waals surface area contributed by atoms with Gasteiger partial charge in [-0.25, -0.2) is 0 Å². The SMILES string of the molecule is C[Si](C)(C)[Si]1([Si](C)(C)C)CSC1. The molecule has 0 spiro atoms. The van der Waals surface area contributed by atoms with Gasteiger partial charge in [0.05, 0.1) is 7.11 Å². The predicted octanol–water partition coefficient (Wildman–Crippen LogP) is 3.09. The summed E-state index contributed by atoms with van der Waals surface area (Å²) >= 11 is 2.23. The predicted molar refractivity (Wildman–Crippen MR) is 69.8 cm³/mol. The number of hydrogen-bond donors (Lipinski definition) is 0. The fourth-order valence-corrected chi connectivity index (χ4v) is 60.2. The highest BCUT2D eigenvalue weighted by molar-refractivity contribution is 8.12. The van der Waals surface area contributed by atoms with Crippen molar-refractivity contribution < 1.29 is 0 Å². The summed E-state index contributed by atoms with van der Waals surface area (Å²) < 4.78 is 0. The average molecular weight is 235 g/mol. The Morgan fingerprint density at radius 1 is 0.833 bits per heavy atom.